The van der Waals surface area contributed by atoms with Gasteiger partial charge in [0.15, 0.2) is 5.78 Å². The van der Waals surface area contributed by atoms with Crippen LogP contribution in [0.1, 0.15) is 22.3 Å². The van der Waals surface area contributed by atoms with Crippen LogP contribution in [0.5, 0.6) is 0 Å². The molecule has 0 radical (unpaired) electrons. The maximum atomic E-state index is 12.9. The summed E-state index contributed by atoms with van der Waals surface area (Å²) in [5.41, 5.74) is 1.61. The van der Waals surface area contributed by atoms with Crippen molar-refractivity contribution in [3.63, 3.8) is 0 Å². The highest BCUT2D eigenvalue weighted by Crippen LogP contribution is 2.27. The van der Waals surface area contributed by atoms with E-state index in [2.05, 4.69) is 0 Å². The summed E-state index contributed by atoms with van der Waals surface area (Å²) in [7, 11) is -3.83. The summed E-state index contributed by atoms with van der Waals surface area (Å²) in [6.07, 6.45) is 1.01. The number of carbonyl (C=O) groups is 1. The van der Waals surface area contributed by atoms with Gasteiger partial charge in [-0.05, 0) is 25.1 Å². The van der Waals surface area contributed by atoms with Gasteiger partial charge >= 0.3 is 0 Å². The second-order valence-electron chi connectivity index (χ2n) is 5.43. The summed E-state index contributed by atoms with van der Waals surface area (Å²) in [6.45, 7) is 1.88. The summed E-state index contributed by atoms with van der Waals surface area (Å²) in [4.78, 5) is 12.3. The van der Waals surface area contributed by atoms with E-state index in [-0.39, 0.29) is 16.9 Å². The summed E-state index contributed by atoms with van der Waals surface area (Å²) in [6, 6.07) is 15.1. The molecule has 0 amide bonds. The highest BCUT2D eigenvalue weighted by Gasteiger charge is 2.23. The largest absolute Gasteiger partial charge is 0.293 e. The molecule has 0 N–H and O–H groups in total. The van der Waals surface area contributed by atoms with Crippen molar-refractivity contribution >= 4 is 26.7 Å². The van der Waals surface area contributed by atoms with Crippen LogP contribution in [0.25, 0.3) is 10.9 Å². The highest BCUT2D eigenvalue weighted by molar-refractivity contribution is 7.90. The van der Waals surface area contributed by atoms with Gasteiger partial charge in [-0.2, -0.15) is 5.26 Å². The third-order valence-corrected chi connectivity index (χ3v) is 5.48. The number of ketones is 1. The molecule has 120 valence electrons. The molecule has 1 heterocycles. The van der Waals surface area contributed by atoms with Crippen molar-refractivity contribution in [2.75, 3.05) is 0 Å². The fourth-order valence-electron chi connectivity index (χ4n) is 2.56. The van der Waals surface area contributed by atoms with E-state index in [1.165, 1.54) is 18.3 Å². The lowest BCUT2D eigenvalue weighted by Gasteiger charge is -2.07. The van der Waals surface area contributed by atoms with Crippen LogP contribution in [0.3, 0.4) is 0 Å². The SMILES string of the molecule is Cc1ccc(S(=O)(=O)n2cc(C(=O)CC#N)c3ccccc32)cc1. The summed E-state index contributed by atoms with van der Waals surface area (Å²) in [5, 5.41) is 9.27. The number of benzene rings is 2. The first-order valence-electron chi connectivity index (χ1n) is 7.27. The Morgan fingerprint density at radius 1 is 1.12 bits per heavy atom. The third-order valence-electron chi connectivity index (χ3n) is 3.80. The average molecular weight is 338 g/mol. The van der Waals surface area contributed by atoms with Gasteiger partial charge in [-0.15, -0.1) is 0 Å². The number of Topliss-reactive ketones (excluding diaryl/α,β-unsaturated/α-hetero) is 1. The van der Waals surface area contributed by atoms with Gasteiger partial charge in [0.2, 0.25) is 0 Å². The molecule has 0 unspecified atom stereocenters. The molecule has 2 aromatic carbocycles. The van der Waals surface area contributed by atoms with Gasteiger partial charge in [-0.3, -0.25) is 4.79 Å². The minimum Gasteiger partial charge on any atom is -0.293 e. The number of aryl methyl sites for hydroxylation is 1. The molecule has 5 nitrogen and oxygen atoms in total. The molecule has 6 heteroatoms. The van der Waals surface area contributed by atoms with Crippen LogP contribution in [0.2, 0.25) is 0 Å². The van der Waals surface area contributed by atoms with Gasteiger partial charge < -0.3 is 0 Å². The molecule has 0 saturated carbocycles. The average Bonchev–Trinajstić information content (AvgIpc) is 2.96. The molecule has 24 heavy (non-hydrogen) atoms. The van der Waals surface area contributed by atoms with Crippen LogP contribution < -0.4 is 0 Å². The molecule has 3 rings (SSSR count). The van der Waals surface area contributed by atoms with Gasteiger partial charge in [-0.1, -0.05) is 35.9 Å². The van der Waals surface area contributed by atoms with Crippen molar-refractivity contribution in [2.45, 2.75) is 18.2 Å². The molecule has 3 aromatic rings. The summed E-state index contributed by atoms with van der Waals surface area (Å²) in [5.74, 6) is -0.397. The first kappa shape index (κ1) is 16.0. The Hall–Kier alpha value is -2.91. The van der Waals surface area contributed by atoms with E-state index >= 15 is 0 Å². The Morgan fingerprint density at radius 2 is 1.79 bits per heavy atom. The lowest BCUT2D eigenvalue weighted by molar-refractivity contribution is 0.0999. The topological polar surface area (TPSA) is 79.9 Å². The van der Waals surface area contributed by atoms with Crippen LogP contribution in [0, 0.1) is 18.3 Å². The molecule has 0 aliphatic carbocycles. The summed E-state index contributed by atoms with van der Waals surface area (Å²) >= 11 is 0. The lowest BCUT2D eigenvalue weighted by atomic mass is 10.1. The van der Waals surface area contributed by atoms with Crippen molar-refractivity contribution in [3.8, 4) is 6.07 Å². The second kappa shape index (κ2) is 5.95. The number of fused-ring (bicyclic) bond motifs is 1. The Kier molecular flexibility index (Phi) is 3.96. The molecular weight excluding hydrogens is 324 g/mol. The number of carbonyl (C=O) groups excluding carboxylic acids is 1. The van der Waals surface area contributed by atoms with Crippen LogP contribution in [0.4, 0.5) is 0 Å². The molecule has 0 spiro atoms. The van der Waals surface area contributed by atoms with Gasteiger partial charge in [0.05, 0.1) is 22.9 Å². The van der Waals surface area contributed by atoms with E-state index in [0.29, 0.717) is 10.9 Å². The molecular formula is C18H14N2O3S. The maximum absolute atomic E-state index is 12.9. The van der Waals surface area contributed by atoms with Gasteiger partial charge in [0, 0.05) is 17.1 Å². The minimum absolute atomic E-state index is 0.146. The number of para-hydroxylation sites is 1. The third kappa shape index (κ3) is 2.59. The monoisotopic (exact) mass is 338 g/mol. The fourth-order valence-corrected chi connectivity index (χ4v) is 3.93. The molecule has 0 bridgehead atoms. The zero-order chi connectivity index (χ0) is 17.3. The molecule has 0 atom stereocenters. The Labute approximate surface area is 139 Å². The minimum atomic E-state index is -3.83. The number of nitrogens with zero attached hydrogens (tertiary/aromatic N) is 2. The number of nitriles is 1. The molecule has 0 aliphatic heterocycles. The highest BCUT2D eigenvalue weighted by atomic mass is 32.2. The van der Waals surface area contributed by atoms with E-state index in [1.807, 2.05) is 13.0 Å². The van der Waals surface area contributed by atoms with E-state index in [0.717, 1.165) is 9.54 Å². The van der Waals surface area contributed by atoms with Crippen LogP contribution in [-0.4, -0.2) is 18.2 Å². The zero-order valence-electron chi connectivity index (χ0n) is 12.9. The molecule has 0 aliphatic rings. The first-order chi connectivity index (χ1) is 11.4. The Morgan fingerprint density at radius 3 is 2.46 bits per heavy atom. The van der Waals surface area contributed by atoms with E-state index in [1.54, 1.807) is 36.4 Å². The van der Waals surface area contributed by atoms with Gasteiger partial charge in [-0.25, -0.2) is 12.4 Å². The first-order valence-corrected chi connectivity index (χ1v) is 8.71. The zero-order valence-corrected chi connectivity index (χ0v) is 13.7. The predicted octanol–water partition coefficient (Wildman–Crippen LogP) is 3.28. The number of aromatic nitrogens is 1. The predicted molar refractivity (Wildman–Crippen MR) is 90.3 cm³/mol. The standard InChI is InChI=1S/C18H14N2O3S/c1-13-6-8-14(9-7-13)24(22,23)20-12-16(18(21)10-11-19)15-4-2-3-5-17(15)20/h2-9,12H,10H2,1H3. The van der Waals surface area contributed by atoms with Crippen molar-refractivity contribution in [1.82, 2.24) is 3.97 Å². The number of hydrogen-bond acceptors (Lipinski definition) is 4. The normalized spacial score (nSPS) is 11.3. The van der Waals surface area contributed by atoms with Crippen molar-refractivity contribution in [2.24, 2.45) is 0 Å². The number of hydrogen-bond donors (Lipinski definition) is 0. The van der Waals surface area contributed by atoms with E-state index in [9.17, 15) is 13.2 Å². The molecule has 0 saturated heterocycles. The van der Waals surface area contributed by atoms with Crippen molar-refractivity contribution < 1.29 is 13.2 Å². The quantitative estimate of drug-likeness (QED) is 0.684. The van der Waals surface area contributed by atoms with E-state index < -0.39 is 15.8 Å². The lowest BCUT2D eigenvalue weighted by Crippen LogP contribution is -2.12. The van der Waals surface area contributed by atoms with E-state index in [4.69, 9.17) is 5.26 Å². The summed E-state index contributed by atoms with van der Waals surface area (Å²) < 4.78 is 27.0. The second-order valence-corrected chi connectivity index (χ2v) is 7.25. The van der Waals surface area contributed by atoms with Gasteiger partial charge in [0.25, 0.3) is 10.0 Å². The van der Waals surface area contributed by atoms with Crippen molar-refractivity contribution in [3.05, 3.63) is 65.9 Å². The maximum Gasteiger partial charge on any atom is 0.268 e. The van der Waals surface area contributed by atoms with Gasteiger partial charge in [0.1, 0.15) is 0 Å². The number of rotatable bonds is 4. The fraction of sp³-hybridized carbons (Fsp3) is 0.111. The van der Waals surface area contributed by atoms with Crippen LogP contribution in [0.15, 0.2) is 59.6 Å². The smallest absolute Gasteiger partial charge is 0.268 e. The van der Waals surface area contributed by atoms with Crippen LogP contribution >= 0.6 is 0 Å². The van der Waals surface area contributed by atoms with Crippen LogP contribution in [-0.2, 0) is 10.0 Å². The Bertz CT molecular complexity index is 1070. The molecule has 1 aromatic heterocycles. The van der Waals surface area contributed by atoms with Crippen molar-refractivity contribution in [1.29, 1.82) is 5.26 Å². The molecule has 0 fully saturated rings. The Balaban J connectivity index is 2.25.